The first-order valence-electron chi connectivity index (χ1n) is 9.69. The summed E-state index contributed by atoms with van der Waals surface area (Å²) >= 11 is 11.8. The molecule has 0 heterocycles. The van der Waals surface area contributed by atoms with Crippen LogP contribution in [0.4, 0.5) is 0 Å². The van der Waals surface area contributed by atoms with Gasteiger partial charge in [0.05, 0.1) is 9.21 Å². The molecule has 148 valence electrons. The van der Waals surface area contributed by atoms with Crippen LogP contribution in [0.1, 0.15) is 40.7 Å². The quantitative estimate of drug-likeness (QED) is 0.282. The summed E-state index contributed by atoms with van der Waals surface area (Å²) in [6.07, 6.45) is 0.428. The van der Waals surface area contributed by atoms with Crippen molar-refractivity contribution in [3.63, 3.8) is 0 Å². The van der Waals surface area contributed by atoms with E-state index in [9.17, 15) is 4.57 Å². The molecule has 0 saturated heterocycles. The summed E-state index contributed by atoms with van der Waals surface area (Å²) in [5.74, 6) is 0.0750. The van der Waals surface area contributed by atoms with E-state index >= 15 is 0 Å². The van der Waals surface area contributed by atoms with Crippen LogP contribution in [0.3, 0.4) is 0 Å². The van der Waals surface area contributed by atoms with Gasteiger partial charge in [-0.2, -0.15) is 0 Å². The molecule has 0 bridgehead atoms. The number of benzene rings is 3. The molecule has 29 heavy (non-hydrogen) atoms. The van der Waals surface area contributed by atoms with Crippen molar-refractivity contribution >= 4 is 40.8 Å². The third-order valence-electron chi connectivity index (χ3n) is 5.31. The summed E-state index contributed by atoms with van der Waals surface area (Å²) in [6.45, 7) is 6.11. The summed E-state index contributed by atoms with van der Waals surface area (Å²) in [5, 5.41) is 0. The summed E-state index contributed by atoms with van der Waals surface area (Å²) in [7, 11) is -3.16. The lowest BCUT2D eigenvalue weighted by molar-refractivity contribution is 0.587. The molecule has 1 atom stereocenters. The van der Waals surface area contributed by atoms with Gasteiger partial charge in [0.1, 0.15) is 0 Å². The van der Waals surface area contributed by atoms with E-state index in [4.69, 9.17) is 24.4 Å². The van der Waals surface area contributed by atoms with E-state index in [-0.39, 0.29) is 5.92 Å². The minimum absolute atomic E-state index is 0.0750. The minimum Gasteiger partial charge on any atom is -0.312 e. The zero-order valence-corrected chi connectivity index (χ0v) is 19.5. The van der Waals surface area contributed by atoms with E-state index in [1.807, 2.05) is 80.6 Å². The van der Waals surface area contributed by atoms with Crippen LogP contribution in [0.5, 0.6) is 0 Å². The second-order valence-electron chi connectivity index (χ2n) is 7.47. The van der Waals surface area contributed by atoms with Gasteiger partial charge in [-0.05, 0) is 47.6 Å². The molecule has 3 aromatic carbocycles. The fourth-order valence-electron chi connectivity index (χ4n) is 3.55. The maximum absolute atomic E-state index is 14.6. The Morgan fingerprint density at radius 3 is 1.62 bits per heavy atom. The molecule has 0 radical (unpaired) electrons. The molecule has 0 aliphatic rings. The molecule has 0 amide bonds. The van der Waals surface area contributed by atoms with Gasteiger partial charge < -0.3 is 4.57 Å². The lowest BCUT2D eigenvalue weighted by Gasteiger charge is -2.26. The maximum Gasteiger partial charge on any atom is 0.165 e. The molecule has 1 unspecified atom stereocenters. The first kappa shape index (κ1) is 21.8. The normalized spacial score (nSPS) is 12.4. The van der Waals surface area contributed by atoms with Crippen molar-refractivity contribution in [1.82, 2.24) is 0 Å². The maximum atomic E-state index is 14.6. The first-order chi connectivity index (χ1) is 13.8. The van der Waals surface area contributed by atoms with Crippen LogP contribution in [0.2, 0.25) is 0 Å². The van der Waals surface area contributed by atoms with Crippen LogP contribution in [-0.4, -0.2) is 15.4 Å². The Bertz CT molecular complexity index is 1030. The molecule has 3 aromatic rings. The van der Waals surface area contributed by atoms with Crippen LogP contribution < -0.4 is 0 Å². The minimum atomic E-state index is -3.16. The average Bonchev–Trinajstić information content (AvgIpc) is 2.74. The van der Waals surface area contributed by atoms with E-state index < -0.39 is 7.14 Å². The zero-order valence-electron chi connectivity index (χ0n) is 17.0. The molecule has 3 rings (SSSR count). The molecule has 0 fully saturated rings. The van der Waals surface area contributed by atoms with Gasteiger partial charge in [0, 0.05) is 6.16 Å². The van der Waals surface area contributed by atoms with Crippen molar-refractivity contribution in [1.29, 1.82) is 0 Å². The molecule has 0 aliphatic carbocycles. The predicted octanol–water partition coefficient (Wildman–Crippen LogP) is 7.52. The van der Waals surface area contributed by atoms with Crippen LogP contribution in [0, 0.1) is 13.8 Å². The molecular weight excluding hydrogens is 411 g/mol. The van der Waals surface area contributed by atoms with Gasteiger partial charge in [0.15, 0.2) is 7.14 Å². The second kappa shape index (κ2) is 9.26. The first-order valence-corrected chi connectivity index (χ1v) is 12.4. The lowest BCUT2D eigenvalue weighted by atomic mass is 10.0. The molecule has 0 aliphatic heterocycles. The average molecular weight is 437 g/mol. The van der Waals surface area contributed by atoms with E-state index in [0.717, 1.165) is 27.8 Å². The summed E-state index contributed by atoms with van der Waals surface area (Å²) in [6, 6.07) is 25.9. The molecule has 0 N–H and O–H groups in total. The fraction of sp³-hybridized carbons (Fsp3) is 0.200. The third kappa shape index (κ3) is 4.64. The highest BCUT2D eigenvalue weighted by Gasteiger charge is 2.37. The van der Waals surface area contributed by atoms with Crippen LogP contribution in [-0.2, 0) is 4.57 Å². The summed E-state index contributed by atoms with van der Waals surface area (Å²) in [4.78, 5) is 0. The van der Waals surface area contributed by atoms with Gasteiger partial charge in [-0.25, -0.2) is 0 Å². The van der Waals surface area contributed by atoms with E-state index in [1.165, 1.54) is 0 Å². The third-order valence-corrected chi connectivity index (χ3v) is 10.4. The van der Waals surface area contributed by atoms with Crippen molar-refractivity contribution in [2.24, 2.45) is 0 Å². The molecule has 1 nitrogen and oxygen atoms in total. The Morgan fingerprint density at radius 1 is 0.759 bits per heavy atom. The summed E-state index contributed by atoms with van der Waals surface area (Å²) < 4.78 is 15.6. The van der Waals surface area contributed by atoms with Gasteiger partial charge in [0.2, 0.25) is 0 Å². The Labute approximate surface area is 184 Å². The highest BCUT2D eigenvalue weighted by atomic mass is 32.1. The lowest BCUT2D eigenvalue weighted by Crippen LogP contribution is -2.16. The van der Waals surface area contributed by atoms with Crippen molar-refractivity contribution in [3.05, 3.63) is 107 Å². The van der Waals surface area contributed by atoms with Crippen molar-refractivity contribution in [2.75, 3.05) is 6.16 Å². The van der Waals surface area contributed by atoms with E-state index in [2.05, 4.69) is 19.1 Å². The smallest absolute Gasteiger partial charge is 0.165 e. The molecule has 0 saturated carbocycles. The van der Waals surface area contributed by atoms with Crippen molar-refractivity contribution in [2.45, 2.75) is 26.7 Å². The predicted molar refractivity (Wildman–Crippen MR) is 133 cm³/mol. The Morgan fingerprint density at radius 2 is 1.17 bits per heavy atom. The van der Waals surface area contributed by atoms with Gasteiger partial charge in [-0.1, -0.05) is 110 Å². The van der Waals surface area contributed by atoms with Crippen molar-refractivity contribution in [3.8, 4) is 0 Å². The highest BCUT2D eigenvalue weighted by molar-refractivity contribution is 8.16. The molecular formula is C25H25OPS2. The monoisotopic (exact) mass is 436 g/mol. The molecule has 0 spiro atoms. The Kier molecular flexibility index (Phi) is 6.95. The topological polar surface area (TPSA) is 17.1 Å². The van der Waals surface area contributed by atoms with Gasteiger partial charge in [0.25, 0.3) is 0 Å². The van der Waals surface area contributed by atoms with Crippen LogP contribution in [0.25, 0.3) is 0 Å². The summed E-state index contributed by atoms with van der Waals surface area (Å²) in [5.41, 5.74) is 4.92. The zero-order chi connectivity index (χ0) is 21.0. The van der Waals surface area contributed by atoms with Crippen LogP contribution >= 0.6 is 31.6 Å². The molecule has 4 heteroatoms. The number of aryl methyl sites for hydroxylation is 2. The number of hydrogen-bond acceptors (Lipinski definition) is 3. The second-order valence-corrected chi connectivity index (χ2v) is 11.6. The number of hydrogen-bond donors (Lipinski definition) is 0. The standard InChI is InChI=1S/C25H25OPS2/c1-18-11-7-9-15-22(18)24(28)27(26,17-20(3)21-13-5-4-6-14-21)25(29)23-16-10-8-12-19(23)2/h4-16,20H,17H2,1-3H3. The largest absolute Gasteiger partial charge is 0.312 e. The Balaban J connectivity index is 2.09. The van der Waals surface area contributed by atoms with Crippen molar-refractivity contribution < 1.29 is 4.57 Å². The van der Waals surface area contributed by atoms with Gasteiger partial charge >= 0.3 is 0 Å². The van der Waals surface area contributed by atoms with E-state index in [1.54, 1.807) is 0 Å². The van der Waals surface area contributed by atoms with E-state index in [0.29, 0.717) is 15.4 Å². The Hall–Kier alpha value is -1.93. The van der Waals surface area contributed by atoms with Gasteiger partial charge in [-0.15, -0.1) is 0 Å². The number of thiocarbonyl (C=S) groups is 2. The highest BCUT2D eigenvalue weighted by Crippen LogP contribution is 2.56. The SMILES string of the molecule is Cc1ccccc1C(=S)P(=O)(CC(C)c1ccccc1)C(=S)c1ccccc1C. The molecule has 0 aromatic heterocycles. The van der Waals surface area contributed by atoms with Crippen LogP contribution in [0.15, 0.2) is 78.9 Å². The number of rotatable bonds is 7. The van der Waals surface area contributed by atoms with Gasteiger partial charge in [-0.3, -0.25) is 0 Å². The fourth-order valence-corrected chi connectivity index (χ4v) is 7.95.